The van der Waals surface area contributed by atoms with Crippen molar-refractivity contribution in [3.63, 3.8) is 0 Å². The predicted octanol–water partition coefficient (Wildman–Crippen LogP) is 1.28. The van der Waals surface area contributed by atoms with Gasteiger partial charge in [0.15, 0.2) is 11.4 Å². The second kappa shape index (κ2) is 3.88. The van der Waals surface area contributed by atoms with Crippen LogP contribution in [0.4, 0.5) is 0 Å². The molecule has 0 unspecified atom stereocenters. The summed E-state index contributed by atoms with van der Waals surface area (Å²) in [6, 6.07) is 3.65. The molecule has 80 valence electrons. The van der Waals surface area contributed by atoms with Crippen LogP contribution < -0.4 is 10.5 Å². The van der Waals surface area contributed by atoms with E-state index >= 15 is 0 Å². The smallest absolute Gasteiger partial charge is 0.271 e. The van der Waals surface area contributed by atoms with Crippen molar-refractivity contribution in [3.8, 4) is 5.75 Å². The minimum absolute atomic E-state index is 0.248. The molecule has 0 radical (unpaired) electrons. The van der Waals surface area contributed by atoms with Crippen molar-refractivity contribution >= 4 is 5.91 Å². The zero-order valence-electron chi connectivity index (χ0n) is 8.69. The number of aryl methyl sites for hydroxylation is 1. The highest BCUT2D eigenvalue weighted by Crippen LogP contribution is 2.28. The van der Waals surface area contributed by atoms with E-state index in [4.69, 9.17) is 10.5 Å². The van der Waals surface area contributed by atoms with Gasteiger partial charge in [-0.3, -0.25) is 4.79 Å². The molecule has 1 saturated carbocycles. The van der Waals surface area contributed by atoms with Crippen molar-refractivity contribution in [2.45, 2.75) is 32.3 Å². The third-order valence-corrected chi connectivity index (χ3v) is 2.33. The molecule has 0 spiro atoms. The Balaban J connectivity index is 2.29. The first-order chi connectivity index (χ1) is 7.20. The summed E-state index contributed by atoms with van der Waals surface area (Å²) in [6.07, 6.45) is 3.13. The van der Waals surface area contributed by atoms with Gasteiger partial charge in [0.2, 0.25) is 0 Å². The zero-order valence-corrected chi connectivity index (χ0v) is 8.69. The molecule has 1 aliphatic rings. The average Bonchev–Trinajstić information content (AvgIpc) is 3.02. The lowest BCUT2D eigenvalue weighted by atomic mass is 10.2. The van der Waals surface area contributed by atoms with E-state index in [2.05, 4.69) is 4.98 Å². The lowest BCUT2D eigenvalue weighted by Gasteiger charge is -2.08. The quantitative estimate of drug-likeness (QED) is 0.807. The van der Waals surface area contributed by atoms with Crippen LogP contribution in [-0.4, -0.2) is 17.0 Å². The third-order valence-electron chi connectivity index (χ3n) is 2.33. The standard InChI is InChI=1S/C11H14N2O2/c1-2-7-3-6-9(15-8-4-5-8)10(13-7)11(12)14/h3,6,8H,2,4-5H2,1H3,(H2,12,14). The number of hydrogen-bond acceptors (Lipinski definition) is 3. The fraction of sp³-hybridized carbons (Fsp3) is 0.455. The first-order valence-electron chi connectivity index (χ1n) is 5.17. The van der Waals surface area contributed by atoms with Crippen molar-refractivity contribution in [1.29, 1.82) is 0 Å². The van der Waals surface area contributed by atoms with E-state index < -0.39 is 5.91 Å². The molecule has 4 heteroatoms. The number of aromatic nitrogens is 1. The zero-order chi connectivity index (χ0) is 10.8. The van der Waals surface area contributed by atoms with Crippen molar-refractivity contribution < 1.29 is 9.53 Å². The normalized spacial score (nSPS) is 15.0. The molecular formula is C11H14N2O2. The number of nitrogens with two attached hydrogens (primary N) is 1. The number of rotatable bonds is 4. The minimum Gasteiger partial charge on any atom is -0.488 e. The molecule has 1 aromatic heterocycles. The van der Waals surface area contributed by atoms with Gasteiger partial charge in [0.1, 0.15) is 0 Å². The lowest BCUT2D eigenvalue weighted by molar-refractivity contribution is 0.0990. The van der Waals surface area contributed by atoms with Crippen LogP contribution in [0, 0.1) is 0 Å². The number of nitrogens with zero attached hydrogens (tertiary/aromatic N) is 1. The summed E-state index contributed by atoms with van der Waals surface area (Å²) >= 11 is 0. The Hall–Kier alpha value is -1.58. The van der Waals surface area contributed by atoms with E-state index in [1.807, 2.05) is 13.0 Å². The molecule has 0 saturated heterocycles. The maximum atomic E-state index is 11.2. The first-order valence-corrected chi connectivity index (χ1v) is 5.17. The van der Waals surface area contributed by atoms with Crippen LogP contribution in [-0.2, 0) is 6.42 Å². The molecule has 4 nitrogen and oxygen atoms in total. The van der Waals surface area contributed by atoms with E-state index in [-0.39, 0.29) is 11.8 Å². The molecule has 0 bridgehead atoms. The third kappa shape index (κ3) is 2.26. The molecule has 1 amide bonds. The maximum Gasteiger partial charge on any atom is 0.271 e. The average molecular weight is 206 g/mol. The van der Waals surface area contributed by atoms with E-state index in [1.165, 1.54) is 0 Å². The highest BCUT2D eigenvalue weighted by Gasteiger charge is 2.25. The van der Waals surface area contributed by atoms with Crippen molar-refractivity contribution in [3.05, 3.63) is 23.5 Å². The SMILES string of the molecule is CCc1ccc(OC2CC2)c(C(N)=O)n1. The Labute approximate surface area is 88.4 Å². The van der Waals surface area contributed by atoms with Gasteiger partial charge in [-0.05, 0) is 31.4 Å². The van der Waals surface area contributed by atoms with E-state index in [9.17, 15) is 4.79 Å². The molecule has 0 atom stereocenters. The highest BCUT2D eigenvalue weighted by atomic mass is 16.5. The highest BCUT2D eigenvalue weighted by molar-refractivity contribution is 5.93. The Morgan fingerprint density at radius 2 is 2.33 bits per heavy atom. The molecule has 1 fully saturated rings. The number of carbonyl (C=O) groups excluding carboxylic acids is 1. The molecule has 1 aromatic rings. The monoisotopic (exact) mass is 206 g/mol. The predicted molar refractivity (Wildman–Crippen MR) is 55.8 cm³/mol. The van der Waals surface area contributed by atoms with Crippen LogP contribution in [0.5, 0.6) is 5.75 Å². The van der Waals surface area contributed by atoms with Crippen LogP contribution in [0.15, 0.2) is 12.1 Å². The van der Waals surface area contributed by atoms with E-state index in [0.29, 0.717) is 5.75 Å². The van der Waals surface area contributed by atoms with Gasteiger partial charge >= 0.3 is 0 Å². The van der Waals surface area contributed by atoms with Gasteiger partial charge in [-0.25, -0.2) is 4.98 Å². The Morgan fingerprint density at radius 3 is 2.87 bits per heavy atom. The summed E-state index contributed by atoms with van der Waals surface area (Å²) in [6.45, 7) is 1.98. The summed E-state index contributed by atoms with van der Waals surface area (Å²) < 4.78 is 5.55. The van der Waals surface area contributed by atoms with Crippen LogP contribution >= 0.6 is 0 Å². The van der Waals surface area contributed by atoms with Crippen LogP contribution in [0.3, 0.4) is 0 Å². The molecule has 1 heterocycles. The number of hydrogen-bond donors (Lipinski definition) is 1. The van der Waals surface area contributed by atoms with Crippen LogP contribution in [0.1, 0.15) is 35.9 Å². The van der Waals surface area contributed by atoms with Gasteiger partial charge in [-0.15, -0.1) is 0 Å². The molecule has 15 heavy (non-hydrogen) atoms. The summed E-state index contributed by atoms with van der Waals surface area (Å²) in [7, 11) is 0. The second-order valence-corrected chi connectivity index (χ2v) is 3.68. The molecule has 0 aliphatic heterocycles. The number of carbonyl (C=O) groups is 1. The lowest BCUT2D eigenvalue weighted by Crippen LogP contribution is -2.16. The van der Waals surface area contributed by atoms with Gasteiger partial charge in [-0.1, -0.05) is 6.92 Å². The fourth-order valence-electron chi connectivity index (χ4n) is 1.32. The van der Waals surface area contributed by atoms with Gasteiger partial charge in [0.05, 0.1) is 6.10 Å². The topological polar surface area (TPSA) is 65.2 Å². The van der Waals surface area contributed by atoms with Crippen molar-refractivity contribution in [1.82, 2.24) is 4.98 Å². The molecule has 1 aliphatic carbocycles. The number of amides is 1. The van der Waals surface area contributed by atoms with Gasteiger partial charge in [0, 0.05) is 5.69 Å². The van der Waals surface area contributed by atoms with E-state index in [1.54, 1.807) is 6.07 Å². The van der Waals surface area contributed by atoms with Crippen molar-refractivity contribution in [2.75, 3.05) is 0 Å². The number of ether oxygens (including phenoxy) is 1. The molecule has 2 rings (SSSR count). The van der Waals surface area contributed by atoms with Crippen molar-refractivity contribution in [2.24, 2.45) is 5.73 Å². The molecule has 0 aromatic carbocycles. The fourth-order valence-corrected chi connectivity index (χ4v) is 1.32. The molecular weight excluding hydrogens is 192 g/mol. The van der Waals surface area contributed by atoms with E-state index in [0.717, 1.165) is 25.0 Å². The minimum atomic E-state index is -0.527. The first kappa shape index (κ1) is 9.96. The van der Waals surface area contributed by atoms with Crippen LogP contribution in [0.2, 0.25) is 0 Å². The number of primary amides is 1. The van der Waals surface area contributed by atoms with Gasteiger partial charge in [-0.2, -0.15) is 0 Å². The van der Waals surface area contributed by atoms with Crippen LogP contribution in [0.25, 0.3) is 0 Å². The number of pyridine rings is 1. The molecule has 2 N–H and O–H groups in total. The Morgan fingerprint density at radius 1 is 1.60 bits per heavy atom. The second-order valence-electron chi connectivity index (χ2n) is 3.68. The maximum absolute atomic E-state index is 11.2. The summed E-state index contributed by atoms with van der Waals surface area (Å²) in [4.78, 5) is 15.3. The summed E-state index contributed by atoms with van der Waals surface area (Å²) in [5.74, 6) is -0.0110. The Kier molecular flexibility index (Phi) is 2.58. The summed E-state index contributed by atoms with van der Waals surface area (Å²) in [5, 5.41) is 0. The summed E-state index contributed by atoms with van der Waals surface area (Å²) in [5.41, 5.74) is 6.36. The Bertz CT molecular complexity index is 386. The van der Waals surface area contributed by atoms with Gasteiger partial charge < -0.3 is 10.5 Å². The largest absolute Gasteiger partial charge is 0.488 e. The van der Waals surface area contributed by atoms with Gasteiger partial charge in [0.25, 0.3) is 5.91 Å².